The van der Waals surface area contributed by atoms with Crippen LogP contribution in [0.25, 0.3) is 10.9 Å². The third-order valence-electron chi connectivity index (χ3n) is 5.69. The standard InChI is InChI=1S/C22H19ClF3N9O/c1-2-14(30-18-12(8-27)17(28)32-21(29)33-18)19-31-15-5-3-4-13(23)16(15)20(36)35(19)11-6-7-34(9-11)10-22(24,25)26/h1,3-5,11,14H,6-7,9-10H2,(H5,28,29,30,32,33)/t11?,14-/m0/s1. The minimum Gasteiger partial charge on any atom is -0.382 e. The van der Waals surface area contributed by atoms with E-state index in [0.717, 1.165) is 0 Å². The van der Waals surface area contributed by atoms with Crippen molar-refractivity contribution in [3.63, 3.8) is 0 Å². The normalized spacial score (nSPS) is 17.0. The van der Waals surface area contributed by atoms with E-state index >= 15 is 0 Å². The summed E-state index contributed by atoms with van der Waals surface area (Å²) in [5.74, 6) is 2.02. The Morgan fingerprint density at radius 2 is 2.06 bits per heavy atom. The number of terminal acetylenes is 1. The number of benzene rings is 1. The maximum atomic E-state index is 13.6. The minimum atomic E-state index is -4.39. The molecule has 5 N–H and O–H groups in total. The van der Waals surface area contributed by atoms with Crippen molar-refractivity contribution in [1.82, 2.24) is 24.4 Å². The second-order valence-electron chi connectivity index (χ2n) is 8.12. The lowest BCUT2D eigenvalue weighted by Gasteiger charge is -2.24. The van der Waals surface area contributed by atoms with Gasteiger partial charge in [-0.15, -0.1) is 6.42 Å². The quantitative estimate of drug-likeness (QED) is 0.433. The molecular weight excluding hydrogens is 499 g/mol. The van der Waals surface area contributed by atoms with Crippen LogP contribution in [0.15, 0.2) is 23.0 Å². The van der Waals surface area contributed by atoms with Crippen molar-refractivity contribution in [3.05, 3.63) is 45.0 Å². The molecule has 1 saturated heterocycles. The monoisotopic (exact) mass is 517 g/mol. The van der Waals surface area contributed by atoms with E-state index in [0.29, 0.717) is 0 Å². The molecule has 2 atom stereocenters. The number of likely N-dealkylation sites (tertiary alicyclic amines) is 1. The molecule has 4 rings (SSSR count). The molecule has 1 fully saturated rings. The van der Waals surface area contributed by atoms with Gasteiger partial charge in [-0.25, -0.2) is 4.98 Å². The summed E-state index contributed by atoms with van der Waals surface area (Å²) in [6, 6.07) is 4.74. The molecule has 186 valence electrons. The van der Waals surface area contributed by atoms with Crippen LogP contribution in [0.2, 0.25) is 5.02 Å². The number of halogens is 4. The van der Waals surface area contributed by atoms with Crippen LogP contribution in [0.3, 0.4) is 0 Å². The summed E-state index contributed by atoms with van der Waals surface area (Å²) >= 11 is 6.28. The zero-order valence-corrected chi connectivity index (χ0v) is 19.3. The van der Waals surface area contributed by atoms with Crippen LogP contribution >= 0.6 is 11.6 Å². The predicted octanol–water partition coefficient (Wildman–Crippen LogP) is 2.47. The number of nitriles is 1. The summed E-state index contributed by atoms with van der Waals surface area (Å²) in [6.07, 6.45) is 1.63. The molecule has 0 saturated carbocycles. The second kappa shape index (κ2) is 9.53. The molecular formula is C22H19ClF3N9O. The molecule has 2 aromatic heterocycles. The number of anilines is 3. The van der Waals surface area contributed by atoms with E-state index in [1.54, 1.807) is 12.1 Å². The fourth-order valence-electron chi connectivity index (χ4n) is 4.22. The number of rotatable bonds is 5. The SMILES string of the molecule is C#C[C@H](Nc1nc(N)nc(N)c1C#N)c1nc2cccc(Cl)c2c(=O)n1C1CCN(CC(F)(F)F)C1. The maximum Gasteiger partial charge on any atom is 0.401 e. The molecule has 36 heavy (non-hydrogen) atoms. The molecule has 1 unspecified atom stereocenters. The Morgan fingerprint density at radius 3 is 2.72 bits per heavy atom. The highest BCUT2D eigenvalue weighted by atomic mass is 35.5. The smallest absolute Gasteiger partial charge is 0.382 e. The Balaban J connectivity index is 1.85. The zero-order valence-electron chi connectivity index (χ0n) is 18.6. The topological polar surface area (TPSA) is 152 Å². The first-order chi connectivity index (χ1) is 17.0. The highest BCUT2D eigenvalue weighted by Crippen LogP contribution is 2.30. The number of fused-ring (bicyclic) bond motifs is 1. The summed E-state index contributed by atoms with van der Waals surface area (Å²) in [6.45, 7) is -1.06. The first kappa shape index (κ1) is 25.0. The van der Waals surface area contributed by atoms with Crippen LogP contribution in [-0.2, 0) is 0 Å². The van der Waals surface area contributed by atoms with Crippen molar-refractivity contribution in [2.75, 3.05) is 36.4 Å². The highest BCUT2D eigenvalue weighted by molar-refractivity contribution is 6.35. The van der Waals surface area contributed by atoms with E-state index in [-0.39, 0.29) is 64.4 Å². The molecule has 0 aliphatic carbocycles. The lowest BCUT2D eigenvalue weighted by molar-refractivity contribution is -0.143. The number of hydrogen-bond donors (Lipinski definition) is 3. The molecule has 0 radical (unpaired) electrons. The van der Waals surface area contributed by atoms with Gasteiger partial charge in [0.1, 0.15) is 29.3 Å². The van der Waals surface area contributed by atoms with Gasteiger partial charge in [0.05, 0.1) is 28.5 Å². The van der Waals surface area contributed by atoms with E-state index in [1.165, 1.54) is 15.5 Å². The Hall–Kier alpha value is -4.07. The second-order valence-corrected chi connectivity index (χ2v) is 8.53. The van der Waals surface area contributed by atoms with Crippen molar-refractivity contribution >= 4 is 40.1 Å². The fraction of sp³-hybridized carbons (Fsp3) is 0.318. The van der Waals surface area contributed by atoms with Crippen molar-refractivity contribution in [2.24, 2.45) is 0 Å². The van der Waals surface area contributed by atoms with Gasteiger partial charge in [-0.2, -0.15) is 28.4 Å². The number of nitrogens with zero attached hydrogens (tertiary/aromatic N) is 6. The number of hydrogen-bond acceptors (Lipinski definition) is 9. The molecule has 0 spiro atoms. The fourth-order valence-corrected chi connectivity index (χ4v) is 4.47. The van der Waals surface area contributed by atoms with E-state index in [1.807, 2.05) is 6.07 Å². The van der Waals surface area contributed by atoms with Gasteiger partial charge in [-0.05, 0) is 18.6 Å². The van der Waals surface area contributed by atoms with E-state index in [2.05, 4.69) is 26.2 Å². The predicted molar refractivity (Wildman–Crippen MR) is 128 cm³/mol. The zero-order chi connectivity index (χ0) is 26.2. The molecule has 1 aromatic carbocycles. The van der Waals surface area contributed by atoms with Gasteiger partial charge in [-0.3, -0.25) is 14.3 Å². The average Bonchev–Trinajstić information content (AvgIpc) is 3.23. The van der Waals surface area contributed by atoms with Gasteiger partial charge < -0.3 is 16.8 Å². The van der Waals surface area contributed by atoms with Gasteiger partial charge in [0.15, 0.2) is 5.82 Å². The van der Waals surface area contributed by atoms with Crippen molar-refractivity contribution < 1.29 is 13.2 Å². The Kier molecular flexibility index (Phi) is 6.63. The van der Waals surface area contributed by atoms with Crippen molar-refractivity contribution in [2.45, 2.75) is 24.7 Å². The third kappa shape index (κ3) is 4.84. The van der Waals surface area contributed by atoms with E-state index in [4.69, 9.17) is 29.5 Å². The van der Waals surface area contributed by atoms with Gasteiger partial charge in [0, 0.05) is 13.1 Å². The summed E-state index contributed by atoms with van der Waals surface area (Å²) in [5.41, 5.74) is 11.0. The van der Waals surface area contributed by atoms with Crippen molar-refractivity contribution in [1.29, 1.82) is 5.26 Å². The lowest BCUT2D eigenvalue weighted by Crippen LogP contribution is -2.36. The number of nitrogen functional groups attached to an aromatic ring is 2. The average molecular weight is 518 g/mol. The van der Waals surface area contributed by atoms with Crippen LogP contribution < -0.4 is 22.3 Å². The number of nitrogens with two attached hydrogens (primary N) is 2. The molecule has 3 aromatic rings. The van der Waals surface area contributed by atoms with Gasteiger partial charge in [-0.1, -0.05) is 23.6 Å². The van der Waals surface area contributed by atoms with Crippen LogP contribution in [-0.4, -0.2) is 50.2 Å². The Labute approximate surface area is 207 Å². The molecule has 1 aliphatic rings. The van der Waals surface area contributed by atoms with Gasteiger partial charge in [0.2, 0.25) is 5.95 Å². The molecule has 1 aliphatic heterocycles. The van der Waals surface area contributed by atoms with Crippen LogP contribution in [0.1, 0.15) is 29.9 Å². The molecule has 3 heterocycles. The van der Waals surface area contributed by atoms with E-state index in [9.17, 15) is 23.2 Å². The first-order valence-electron chi connectivity index (χ1n) is 10.6. The van der Waals surface area contributed by atoms with Crippen LogP contribution in [0.4, 0.5) is 30.8 Å². The molecule has 0 amide bonds. The van der Waals surface area contributed by atoms with Gasteiger partial charge in [0.25, 0.3) is 5.56 Å². The summed E-state index contributed by atoms with van der Waals surface area (Å²) in [4.78, 5) is 27.1. The van der Waals surface area contributed by atoms with Gasteiger partial charge >= 0.3 is 6.18 Å². The molecule has 0 bridgehead atoms. The number of nitrogens with one attached hydrogen (secondary N) is 1. The first-order valence-corrected chi connectivity index (χ1v) is 11.0. The third-order valence-corrected chi connectivity index (χ3v) is 6.01. The summed E-state index contributed by atoms with van der Waals surface area (Å²) < 4.78 is 40.2. The Morgan fingerprint density at radius 1 is 1.31 bits per heavy atom. The Bertz CT molecular complexity index is 1480. The minimum absolute atomic E-state index is 0.0378. The summed E-state index contributed by atoms with van der Waals surface area (Å²) in [7, 11) is 0. The number of aromatic nitrogens is 4. The van der Waals surface area contributed by atoms with Crippen LogP contribution in [0.5, 0.6) is 0 Å². The highest BCUT2D eigenvalue weighted by Gasteiger charge is 2.36. The number of alkyl halides is 3. The largest absolute Gasteiger partial charge is 0.401 e. The van der Waals surface area contributed by atoms with E-state index < -0.39 is 30.4 Å². The molecule has 14 heteroatoms. The lowest BCUT2D eigenvalue weighted by atomic mass is 10.1. The summed E-state index contributed by atoms with van der Waals surface area (Å²) in [5, 5.41) is 12.6. The van der Waals surface area contributed by atoms with Crippen LogP contribution in [0, 0.1) is 23.7 Å². The molecule has 10 nitrogen and oxygen atoms in total. The van der Waals surface area contributed by atoms with Crippen molar-refractivity contribution in [3.8, 4) is 18.4 Å². The maximum absolute atomic E-state index is 13.6.